The first-order valence-electron chi connectivity index (χ1n) is 15.2. The van der Waals surface area contributed by atoms with Gasteiger partial charge in [-0.05, 0) is 65.1 Å². The minimum Gasteiger partial charge on any atom is -0.326 e. The van der Waals surface area contributed by atoms with Gasteiger partial charge >= 0.3 is 0 Å². The minimum absolute atomic E-state index is 0.00826. The Bertz CT molecular complexity index is 1730. The van der Waals surface area contributed by atoms with Crippen LogP contribution in [-0.4, -0.2) is 30.4 Å². The van der Waals surface area contributed by atoms with Gasteiger partial charge in [-0.15, -0.1) is 0 Å². The zero-order valence-corrected chi connectivity index (χ0v) is 27.0. The lowest BCUT2D eigenvalue weighted by Gasteiger charge is -2.19. The van der Waals surface area contributed by atoms with Crippen LogP contribution in [0.25, 0.3) is 11.1 Å². The molecule has 0 aliphatic carbocycles. The third-order valence-corrected chi connectivity index (χ3v) is 8.55. The van der Waals surface area contributed by atoms with Gasteiger partial charge in [0.25, 0.3) is 16.0 Å². The van der Waals surface area contributed by atoms with Gasteiger partial charge in [-0.1, -0.05) is 98.8 Å². The van der Waals surface area contributed by atoms with E-state index in [0.717, 1.165) is 35.6 Å². The number of halogens is 2. The van der Waals surface area contributed by atoms with Crippen molar-refractivity contribution in [1.29, 1.82) is 0 Å². The first kappa shape index (κ1) is 34.7. The van der Waals surface area contributed by atoms with Crippen LogP contribution in [0, 0.1) is 5.92 Å². The molecular weight excluding hydrogens is 608 g/mol. The van der Waals surface area contributed by atoms with Crippen LogP contribution >= 0.6 is 0 Å². The Kier molecular flexibility index (Phi) is 11.2. The molecule has 0 aliphatic rings. The van der Waals surface area contributed by atoms with Gasteiger partial charge in [0.1, 0.15) is 0 Å². The molecule has 46 heavy (non-hydrogen) atoms. The van der Waals surface area contributed by atoms with Gasteiger partial charge in [0, 0.05) is 30.2 Å². The summed E-state index contributed by atoms with van der Waals surface area (Å²) < 4.78 is 58.0. The van der Waals surface area contributed by atoms with E-state index < -0.39 is 27.7 Å². The molecule has 0 fully saturated rings. The fourth-order valence-corrected chi connectivity index (χ4v) is 5.78. The van der Waals surface area contributed by atoms with Gasteiger partial charge in [-0.2, -0.15) is 8.42 Å². The average molecular weight is 648 g/mol. The second kappa shape index (κ2) is 14.9. The first-order chi connectivity index (χ1) is 21.7. The maximum Gasteiger partial charge on any atom is 0.270 e. The number of alkyl halides is 2. The predicted molar refractivity (Wildman–Crippen MR) is 178 cm³/mol. The third kappa shape index (κ3) is 10.2. The van der Waals surface area contributed by atoms with Gasteiger partial charge in [0.15, 0.2) is 5.78 Å². The van der Waals surface area contributed by atoms with Crippen molar-refractivity contribution in [2.45, 2.75) is 58.3 Å². The molecule has 9 heteroatoms. The summed E-state index contributed by atoms with van der Waals surface area (Å²) in [4.78, 5) is 26.2. The number of benzene rings is 4. The summed E-state index contributed by atoms with van der Waals surface area (Å²) in [6, 6.07) is 28.3. The van der Waals surface area contributed by atoms with Gasteiger partial charge in [0.05, 0.1) is 11.7 Å². The molecule has 0 aromatic heterocycles. The molecule has 1 unspecified atom stereocenters. The van der Waals surface area contributed by atoms with Gasteiger partial charge in [-0.25, -0.2) is 8.78 Å². The largest absolute Gasteiger partial charge is 0.326 e. The van der Waals surface area contributed by atoms with Crippen molar-refractivity contribution in [2.24, 2.45) is 5.92 Å². The Balaban J connectivity index is 1.50. The normalized spacial score (nSPS) is 12.6. The van der Waals surface area contributed by atoms with E-state index in [1.54, 1.807) is 48.5 Å². The molecule has 0 spiro atoms. The predicted octanol–water partition coefficient (Wildman–Crippen LogP) is 8.48. The Morgan fingerprint density at radius 2 is 1.30 bits per heavy atom. The molecule has 0 saturated heterocycles. The van der Waals surface area contributed by atoms with Crippen molar-refractivity contribution in [3.8, 4) is 11.1 Å². The lowest BCUT2D eigenvalue weighted by Crippen LogP contribution is -2.23. The highest BCUT2D eigenvalue weighted by Gasteiger charge is 2.24. The molecule has 1 atom stereocenters. The summed E-state index contributed by atoms with van der Waals surface area (Å²) in [7, 11) is -4.12. The lowest BCUT2D eigenvalue weighted by molar-refractivity contribution is -0.117. The molecule has 242 valence electrons. The molecule has 0 heterocycles. The molecule has 0 bridgehead atoms. The fraction of sp³-hybridized carbons (Fsp3) is 0.297. The molecule has 4 aromatic carbocycles. The number of Topliss-reactive ketones (excluding diaryl/α,β-unsaturated/α-hetero) is 1. The standard InChI is InChI=1S/C37H39F2NO5S/c1-25(2)23-26-6-10-30(11-7-26)34(24-27-8-12-31(13-9-27)35(41)5-4-22-46(43,44)45)36(42)40-33-20-16-29(17-21-33)28-14-18-32(19-15-28)37(3,38)39/h6-21,25,34H,4-5,22-24H2,1-3H3,(H,40,42)(H,43,44,45). The Hall–Kier alpha value is -4.21. The molecule has 1 amide bonds. The number of anilines is 1. The maximum atomic E-state index is 13.7. The van der Waals surface area contributed by atoms with Gasteiger partial charge in [0.2, 0.25) is 5.91 Å². The molecule has 2 N–H and O–H groups in total. The molecular formula is C37H39F2NO5S. The van der Waals surface area contributed by atoms with Crippen molar-refractivity contribution in [1.82, 2.24) is 0 Å². The second-order valence-electron chi connectivity index (χ2n) is 12.1. The van der Waals surface area contributed by atoms with Crippen LogP contribution in [0.15, 0.2) is 97.1 Å². The van der Waals surface area contributed by atoms with Crippen LogP contribution in [0.2, 0.25) is 0 Å². The number of amides is 1. The summed E-state index contributed by atoms with van der Waals surface area (Å²) in [5.74, 6) is -3.86. The zero-order valence-electron chi connectivity index (χ0n) is 26.2. The number of ketones is 1. The van der Waals surface area contributed by atoms with Crippen LogP contribution in [0.3, 0.4) is 0 Å². The Morgan fingerprint density at radius 3 is 1.83 bits per heavy atom. The Morgan fingerprint density at radius 1 is 0.783 bits per heavy atom. The summed E-state index contributed by atoms with van der Waals surface area (Å²) >= 11 is 0. The highest BCUT2D eigenvalue weighted by Crippen LogP contribution is 2.30. The van der Waals surface area contributed by atoms with Crippen molar-refractivity contribution in [2.75, 3.05) is 11.1 Å². The van der Waals surface area contributed by atoms with E-state index in [1.165, 1.54) is 17.7 Å². The molecule has 0 saturated carbocycles. The lowest BCUT2D eigenvalue weighted by atomic mass is 9.89. The monoisotopic (exact) mass is 647 g/mol. The van der Waals surface area contributed by atoms with Gasteiger partial charge < -0.3 is 5.32 Å². The highest BCUT2D eigenvalue weighted by molar-refractivity contribution is 7.85. The topological polar surface area (TPSA) is 101 Å². The van der Waals surface area contributed by atoms with E-state index in [9.17, 15) is 26.8 Å². The van der Waals surface area contributed by atoms with Crippen molar-refractivity contribution in [3.05, 3.63) is 125 Å². The number of carbonyl (C=O) groups excluding carboxylic acids is 2. The maximum absolute atomic E-state index is 13.7. The van der Waals surface area contributed by atoms with Crippen LogP contribution < -0.4 is 5.32 Å². The highest BCUT2D eigenvalue weighted by atomic mass is 32.2. The van der Waals surface area contributed by atoms with Crippen LogP contribution in [0.4, 0.5) is 14.5 Å². The SMILES string of the molecule is CC(C)Cc1ccc(C(Cc2ccc(C(=O)CCCS(=O)(=O)O)cc2)C(=O)Nc2ccc(-c3ccc(C(C)(F)F)cc3)cc2)cc1. The minimum atomic E-state index is -4.12. The quantitative estimate of drug-likeness (QED) is 0.106. The van der Waals surface area contributed by atoms with Crippen LogP contribution in [-0.2, 0) is 33.7 Å². The number of hydrogen-bond donors (Lipinski definition) is 2. The van der Waals surface area contributed by atoms with Crippen molar-refractivity contribution < 1.29 is 31.3 Å². The van der Waals surface area contributed by atoms with Crippen LogP contribution in [0.5, 0.6) is 0 Å². The fourth-order valence-electron chi connectivity index (χ4n) is 5.27. The summed E-state index contributed by atoms with van der Waals surface area (Å²) in [5.41, 5.74) is 5.45. The molecule has 4 aromatic rings. The van der Waals surface area contributed by atoms with E-state index in [0.29, 0.717) is 23.6 Å². The third-order valence-electron chi connectivity index (χ3n) is 7.74. The number of hydrogen-bond acceptors (Lipinski definition) is 4. The molecule has 6 nitrogen and oxygen atoms in total. The number of carbonyl (C=O) groups is 2. The van der Waals surface area contributed by atoms with Crippen molar-refractivity contribution in [3.63, 3.8) is 0 Å². The average Bonchev–Trinajstić information content (AvgIpc) is 3.00. The van der Waals surface area contributed by atoms with Crippen molar-refractivity contribution >= 4 is 27.5 Å². The Labute approximate surface area is 269 Å². The van der Waals surface area contributed by atoms with Crippen LogP contribution in [0.1, 0.15) is 72.1 Å². The molecule has 0 radical (unpaired) electrons. The van der Waals surface area contributed by atoms with E-state index in [4.69, 9.17) is 4.55 Å². The smallest absolute Gasteiger partial charge is 0.270 e. The second-order valence-corrected chi connectivity index (χ2v) is 13.7. The zero-order chi connectivity index (χ0) is 33.5. The first-order valence-corrected chi connectivity index (χ1v) is 16.8. The summed E-state index contributed by atoms with van der Waals surface area (Å²) in [5, 5.41) is 3.02. The van der Waals surface area contributed by atoms with E-state index in [1.807, 2.05) is 36.4 Å². The van der Waals surface area contributed by atoms with Gasteiger partial charge in [-0.3, -0.25) is 14.1 Å². The van der Waals surface area contributed by atoms with E-state index in [-0.39, 0.29) is 30.1 Å². The summed E-state index contributed by atoms with van der Waals surface area (Å²) in [6.45, 7) is 5.16. The molecule has 0 aliphatic heterocycles. The number of rotatable bonds is 14. The molecule has 4 rings (SSSR count). The number of nitrogens with one attached hydrogen (secondary N) is 1. The van der Waals surface area contributed by atoms with E-state index >= 15 is 0 Å². The summed E-state index contributed by atoms with van der Waals surface area (Å²) in [6.07, 6.45) is 1.32. The van der Waals surface area contributed by atoms with E-state index in [2.05, 4.69) is 19.2 Å².